The number of nitrogens with zero attached hydrogens (tertiary/aromatic N) is 1. The number of likely N-dealkylation sites (N-methyl/N-ethyl adjacent to an activating group) is 1. The summed E-state index contributed by atoms with van der Waals surface area (Å²) in [6, 6.07) is 6.92. The largest absolute Gasteiger partial charge is 0.400 e. The van der Waals surface area contributed by atoms with E-state index in [4.69, 9.17) is 5.11 Å². The van der Waals surface area contributed by atoms with Crippen molar-refractivity contribution >= 4 is 16.5 Å². The number of H-pyrrole nitrogens is 1. The standard InChI is InChI=1S/C16H18N2O.CH4O/c1-18-8-10(9-19)5-13-12-3-2-4-14-16(12)11(7-17-14)6-15(13)18;1-2/h2-5,7,10,15,17,19H,6,8-9H2,1H3;2H,1H3/t10-,15-;/m1./s1. The van der Waals surface area contributed by atoms with Crippen molar-refractivity contribution in [3.05, 3.63) is 41.6 Å². The number of fused-ring (bicyclic) bond motifs is 2. The summed E-state index contributed by atoms with van der Waals surface area (Å²) in [7, 11) is 3.16. The second kappa shape index (κ2) is 5.64. The SMILES string of the molecule is CN1C[C@H](CO)C=C2c3cccc4[nH]cc(c34)C[C@H]21.CO. The van der Waals surface area contributed by atoms with Crippen LogP contribution in [0.5, 0.6) is 0 Å². The van der Waals surface area contributed by atoms with E-state index in [1.165, 1.54) is 27.6 Å². The summed E-state index contributed by atoms with van der Waals surface area (Å²) >= 11 is 0. The zero-order valence-corrected chi connectivity index (χ0v) is 12.5. The molecule has 0 radical (unpaired) electrons. The van der Waals surface area contributed by atoms with Gasteiger partial charge in [0.2, 0.25) is 0 Å². The van der Waals surface area contributed by atoms with Crippen LogP contribution in [0.15, 0.2) is 30.5 Å². The normalized spacial score (nSPS) is 24.1. The fourth-order valence-electron chi connectivity index (χ4n) is 3.66. The topological polar surface area (TPSA) is 59.5 Å². The number of benzene rings is 1. The van der Waals surface area contributed by atoms with Crippen LogP contribution in [-0.4, -0.2) is 53.4 Å². The lowest BCUT2D eigenvalue weighted by Crippen LogP contribution is -2.43. The molecule has 2 aliphatic rings. The number of aliphatic hydroxyl groups excluding tert-OH is 2. The first-order valence-electron chi connectivity index (χ1n) is 7.35. The fraction of sp³-hybridized carbons (Fsp3) is 0.412. The first-order valence-corrected chi connectivity index (χ1v) is 7.35. The fourth-order valence-corrected chi connectivity index (χ4v) is 3.66. The van der Waals surface area contributed by atoms with E-state index in [2.05, 4.69) is 47.4 Å². The monoisotopic (exact) mass is 286 g/mol. The number of aromatic nitrogens is 1. The second-order valence-corrected chi connectivity index (χ2v) is 5.77. The Bertz CT molecular complexity index is 674. The second-order valence-electron chi connectivity index (χ2n) is 5.77. The van der Waals surface area contributed by atoms with Crippen LogP contribution in [0, 0.1) is 5.92 Å². The molecular formula is C17H22N2O2. The molecule has 1 aliphatic carbocycles. The Morgan fingerprint density at radius 3 is 2.90 bits per heavy atom. The Hall–Kier alpha value is -1.62. The molecule has 0 saturated carbocycles. The van der Waals surface area contributed by atoms with Gasteiger partial charge >= 0.3 is 0 Å². The molecule has 2 atom stereocenters. The van der Waals surface area contributed by atoms with Crippen molar-refractivity contribution in [2.24, 2.45) is 5.92 Å². The van der Waals surface area contributed by atoms with Crippen LogP contribution in [0.2, 0.25) is 0 Å². The van der Waals surface area contributed by atoms with Crippen LogP contribution >= 0.6 is 0 Å². The molecule has 4 nitrogen and oxygen atoms in total. The lowest BCUT2D eigenvalue weighted by atomic mass is 9.80. The van der Waals surface area contributed by atoms with E-state index >= 15 is 0 Å². The van der Waals surface area contributed by atoms with Crippen molar-refractivity contribution in [1.82, 2.24) is 9.88 Å². The number of aliphatic hydroxyl groups is 2. The predicted octanol–water partition coefficient (Wildman–Crippen LogP) is 1.64. The Morgan fingerprint density at radius 1 is 1.33 bits per heavy atom. The summed E-state index contributed by atoms with van der Waals surface area (Å²) in [5, 5.41) is 17.8. The number of rotatable bonds is 1. The van der Waals surface area contributed by atoms with E-state index in [0.29, 0.717) is 6.04 Å². The van der Waals surface area contributed by atoms with E-state index < -0.39 is 0 Å². The van der Waals surface area contributed by atoms with Gasteiger partial charge in [0.15, 0.2) is 0 Å². The Morgan fingerprint density at radius 2 is 2.14 bits per heavy atom. The van der Waals surface area contributed by atoms with E-state index in [9.17, 15) is 5.11 Å². The molecule has 0 bridgehead atoms. The molecule has 1 aliphatic heterocycles. The molecule has 0 fully saturated rings. The third-order valence-electron chi connectivity index (χ3n) is 4.58. The van der Waals surface area contributed by atoms with Crippen LogP contribution in [0.1, 0.15) is 11.1 Å². The molecule has 0 saturated heterocycles. The average Bonchev–Trinajstić information content (AvgIpc) is 2.95. The van der Waals surface area contributed by atoms with E-state index in [1.807, 2.05) is 0 Å². The van der Waals surface area contributed by atoms with Crippen LogP contribution in [0.4, 0.5) is 0 Å². The van der Waals surface area contributed by atoms with Crippen LogP contribution in [0.25, 0.3) is 16.5 Å². The highest BCUT2D eigenvalue weighted by Crippen LogP contribution is 2.40. The van der Waals surface area contributed by atoms with Gasteiger partial charge in [-0.15, -0.1) is 0 Å². The van der Waals surface area contributed by atoms with Crippen LogP contribution in [0.3, 0.4) is 0 Å². The minimum atomic E-state index is 0.233. The van der Waals surface area contributed by atoms with E-state index in [-0.39, 0.29) is 12.5 Å². The highest BCUT2D eigenvalue weighted by Gasteiger charge is 2.33. The zero-order valence-electron chi connectivity index (χ0n) is 12.5. The van der Waals surface area contributed by atoms with Gasteiger partial charge in [-0.3, -0.25) is 4.90 Å². The average molecular weight is 286 g/mol. The number of hydrogen-bond acceptors (Lipinski definition) is 3. The Kier molecular flexibility index (Phi) is 3.85. The maximum atomic E-state index is 9.47. The molecule has 1 aromatic carbocycles. The van der Waals surface area contributed by atoms with Gasteiger partial charge in [-0.2, -0.15) is 0 Å². The lowest BCUT2D eigenvalue weighted by Gasteiger charge is -2.39. The van der Waals surface area contributed by atoms with E-state index in [1.54, 1.807) is 0 Å². The summed E-state index contributed by atoms with van der Waals surface area (Å²) in [5.74, 6) is 0.256. The molecular weight excluding hydrogens is 264 g/mol. The van der Waals surface area contributed by atoms with Gasteiger partial charge in [0.05, 0.1) is 6.61 Å². The molecule has 0 spiro atoms. The molecule has 0 amide bonds. The van der Waals surface area contributed by atoms with Gasteiger partial charge in [-0.05, 0) is 36.2 Å². The van der Waals surface area contributed by atoms with Gasteiger partial charge in [0.1, 0.15) is 0 Å². The summed E-state index contributed by atoms with van der Waals surface area (Å²) in [6.45, 7) is 1.18. The zero-order chi connectivity index (χ0) is 15.0. The highest BCUT2D eigenvalue weighted by molar-refractivity contribution is 5.98. The summed E-state index contributed by atoms with van der Waals surface area (Å²) in [4.78, 5) is 5.75. The minimum absolute atomic E-state index is 0.233. The lowest BCUT2D eigenvalue weighted by molar-refractivity contribution is 0.181. The Balaban J connectivity index is 0.000000636. The molecule has 4 rings (SSSR count). The number of hydrogen-bond donors (Lipinski definition) is 3. The Labute approximate surface area is 124 Å². The van der Waals surface area contributed by atoms with Gasteiger partial charge in [0, 0.05) is 42.7 Å². The summed E-state index contributed by atoms with van der Waals surface area (Å²) in [5.41, 5.74) is 5.38. The van der Waals surface area contributed by atoms with Gasteiger partial charge < -0.3 is 15.2 Å². The smallest absolute Gasteiger partial charge is 0.0506 e. The van der Waals surface area contributed by atoms with Crippen LogP contribution in [-0.2, 0) is 6.42 Å². The predicted molar refractivity (Wildman–Crippen MR) is 85.1 cm³/mol. The van der Waals surface area contributed by atoms with E-state index in [0.717, 1.165) is 20.1 Å². The highest BCUT2D eigenvalue weighted by atomic mass is 16.3. The van der Waals surface area contributed by atoms with Crippen molar-refractivity contribution in [2.75, 3.05) is 27.3 Å². The molecule has 2 heterocycles. The number of nitrogens with one attached hydrogen (secondary N) is 1. The van der Waals surface area contributed by atoms with Crippen molar-refractivity contribution < 1.29 is 10.2 Å². The third kappa shape index (κ3) is 2.20. The molecule has 112 valence electrons. The van der Waals surface area contributed by atoms with Crippen molar-refractivity contribution in [1.29, 1.82) is 0 Å². The van der Waals surface area contributed by atoms with Gasteiger partial charge in [-0.25, -0.2) is 0 Å². The maximum absolute atomic E-state index is 9.47. The molecule has 0 unspecified atom stereocenters. The minimum Gasteiger partial charge on any atom is -0.400 e. The van der Waals surface area contributed by atoms with Crippen molar-refractivity contribution in [2.45, 2.75) is 12.5 Å². The maximum Gasteiger partial charge on any atom is 0.0506 e. The third-order valence-corrected chi connectivity index (χ3v) is 4.58. The van der Waals surface area contributed by atoms with Crippen LogP contribution < -0.4 is 0 Å². The molecule has 21 heavy (non-hydrogen) atoms. The number of aromatic amines is 1. The molecule has 4 heteroatoms. The molecule has 2 aromatic rings. The van der Waals surface area contributed by atoms with Crippen molar-refractivity contribution in [3.8, 4) is 0 Å². The van der Waals surface area contributed by atoms with Crippen molar-refractivity contribution in [3.63, 3.8) is 0 Å². The van der Waals surface area contributed by atoms with Gasteiger partial charge in [-0.1, -0.05) is 18.2 Å². The first kappa shape index (κ1) is 14.3. The summed E-state index contributed by atoms with van der Waals surface area (Å²) < 4.78 is 0. The summed E-state index contributed by atoms with van der Waals surface area (Å²) in [6.07, 6.45) is 5.50. The molecule has 1 aromatic heterocycles. The molecule has 3 N–H and O–H groups in total. The first-order chi connectivity index (χ1) is 10.3. The quantitative estimate of drug-likeness (QED) is 0.747. The van der Waals surface area contributed by atoms with Gasteiger partial charge in [0.25, 0.3) is 0 Å².